The normalized spacial score (nSPS) is 19.9. The van der Waals surface area contributed by atoms with E-state index in [1.54, 1.807) is 0 Å². The average molecular weight is 256 g/mol. The van der Waals surface area contributed by atoms with E-state index < -0.39 is 0 Å². The van der Waals surface area contributed by atoms with E-state index in [-0.39, 0.29) is 0 Å². The minimum atomic E-state index is 0.629. The number of likely N-dealkylation sites (tertiary alicyclic amines) is 1. The summed E-state index contributed by atoms with van der Waals surface area (Å²) in [7, 11) is 2.19. The van der Waals surface area contributed by atoms with Crippen LogP contribution in [-0.4, -0.2) is 36.1 Å². The zero-order chi connectivity index (χ0) is 13.2. The van der Waals surface area contributed by atoms with Crippen LogP contribution < -0.4 is 11.1 Å². The van der Waals surface area contributed by atoms with Crippen LogP contribution in [0.1, 0.15) is 12.8 Å². The first-order chi connectivity index (χ1) is 9.22. The fourth-order valence-corrected chi connectivity index (χ4v) is 2.70. The van der Waals surface area contributed by atoms with Gasteiger partial charge in [-0.3, -0.25) is 0 Å². The van der Waals surface area contributed by atoms with Crippen LogP contribution in [0.15, 0.2) is 30.3 Å². The molecule has 1 saturated heterocycles. The summed E-state index contributed by atoms with van der Waals surface area (Å²) in [6.45, 7) is 2.17. The minimum Gasteiger partial charge on any atom is -0.399 e. The van der Waals surface area contributed by atoms with Gasteiger partial charge in [0.05, 0.1) is 5.52 Å². The third kappa shape index (κ3) is 2.63. The molecule has 1 atom stereocenters. The van der Waals surface area contributed by atoms with Crippen LogP contribution in [0.2, 0.25) is 0 Å². The Hall–Kier alpha value is -1.81. The highest BCUT2D eigenvalue weighted by Gasteiger charge is 2.20. The molecular formula is C15H20N4. The highest BCUT2D eigenvalue weighted by molar-refractivity contribution is 5.83. The largest absolute Gasteiger partial charge is 0.399 e. The number of nitrogens with two attached hydrogens (primary N) is 1. The molecule has 1 aliphatic heterocycles. The summed E-state index contributed by atoms with van der Waals surface area (Å²) in [5, 5.41) is 4.53. The van der Waals surface area contributed by atoms with Crippen molar-refractivity contribution in [1.29, 1.82) is 0 Å². The second-order valence-corrected chi connectivity index (χ2v) is 5.31. The quantitative estimate of drug-likeness (QED) is 0.828. The fraction of sp³-hybridized carbons (Fsp3) is 0.400. The average Bonchev–Trinajstić information content (AvgIpc) is 2.82. The Morgan fingerprint density at radius 1 is 1.37 bits per heavy atom. The maximum atomic E-state index is 5.77. The molecule has 0 amide bonds. The monoisotopic (exact) mass is 256 g/mol. The first-order valence-electron chi connectivity index (χ1n) is 6.83. The van der Waals surface area contributed by atoms with Gasteiger partial charge in [-0.2, -0.15) is 0 Å². The first-order valence-corrected chi connectivity index (χ1v) is 6.83. The molecule has 1 aromatic heterocycles. The summed E-state index contributed by atoms with van der Waals surface area (Å²) in [5.41, 5.74) is 7.54. The number of anilines is 2. The number of hydrogen-bond acceptors (Lipinski definition) is 4. The molecule has 1 fully saturated rings. The molecule has 0 aliphatic carbocycles. The zero-order valence-electron chi connectivity index (χ0n) is 11.3. The smallest absolute Gasteiger partial charge is 0.126 e. The van der Waals surface area contributed by atoms with Crippen LogP contribution in [0, 0.1) is 0 Å². The molecule has 3 N–H and O–H groups in total. The molecular weight excluding hydrogens is 236 g/mol. The molecule has 1 unspecified atom stereocenters. The predicted octanol–water partition coefficient (Wildman–Crippen LogP) is 2.32. The number of pyridine rings is 1. The summed E-state index contributed by atoms with van der Waals surface area (Å²) in [6.07, 6.45) is 2.57. The van der Waals surface area contributed by atoms with Gasteiger partial charge in [0, 0.05) is 23.7 Å². The van der Waals surface area contributed by atoms with E-state index in [0.717, 1.165) is 29.0 Å². The number of rotatable bonds is 3. The van der Waals surface area contributed by atoms with Crippen LogP contribution in [0.5, 0.6) is 0 Å². The van der Waals surface area contributed by atoms with Crippen molar-refractivity contribution in [3.63, 3.8) is 0 Å². The van der Waals surface area contributed by atoms with Crippen molar-refractivity contribution < 1.29 is 0 Å². The van der Waals surface area contributed by atoms with E-state index in [1.165, 1.54) is 19.4 Å². The standard InChI is InChI=1S/C15H20N4/c1-19-8-2-3-13(19)10-17-15-7-4-11-9-12(16)5-6-14(11)18-15/h4-7,9,13H,2-3,8,10,16H2,1H3,(H,17,18). The lowest BCUT2D eigenvalue weighted by atomic mass is 10.2. The summed E-state index contributed by atoms with van der Waals surface area (Å²) in [4.78, 5) is 7.03. The SMILES string of the molecule is CN1CCCC1CNc1ccc2cc(N)ccc2n1. The molecule has 0 radical (unpaired) electrons. The van der Waals surface area contributed by atoms with Gasteiger partial charge in [0.15, 0.2) is 0 Å². The summed E-state index contributed by atoms with van der Waals surface area (Å²) >= 11 is 0. The maximum absolute atomic E-state index is 5.77. The van der Waals surface area contributed by atoms with Gasteiger partial charge in [0.25, 0.3) is 0 Å². The number of hydrogen-bond donors (Lipinski definition) is 2. The Kier molecular flexibility index (Phi) is 3.25. The lowest BCUT2D eigenvalue weighted by molar-refractivity contribution is 0.322. The Labute approximate surface area is 113 Å². The van der Waals surface area contributed by atoms with E-state index in [0.29, 0.717) is 6.04 Å². The van der Waals surface area contributed by atoms with Gasteiger partial charge in [0.2, 0.25) is 0 Å². The number of nitrogen functional groups attached to an aromatic ring is 1. The molecule has 0 spiro atoms. The van der Waals surface area contributed by atoms with Crippen molar-refractivity contribution in [2.75, 3.05) is 31.2 Å². The van der Waals surface area contributed by atoms with Crippen LogP contribution >= 0.6 is 0 Å². The fourth-order valence-electron chi connectivity index (χ4n) is 2.70. The molecule has 3 rings (SSSR count). The Balaban J connectivity index is 1.72. The Bertz CT molecular complexity index is 581. The van der Waals surface area contributed by atoms with Crippen LogP contribution in [0.4, 0.5) is 11.5 Å². The summed E-state index contributed by atoms with van der Waals surface area (Å²) in [5.74, 6) is 0.942. The maximum Gasteiger partial charge on any atom is 0.126 e. The molecule has 2 aromatic rings. The second-order valence-electron chi connectivity index (χ2n) is 5.31. The summed E-state index contributed by atoms with van der Waals surface area (Å²) < 4.78 is 0. The van der Waals surface area contributed by atoms with Crippen molar-refractivity contribution in [3.05, 3.63) is 30.3 Å². The van der Waals surface area contributed by atoms with Gasteiger partial charge < -0.3 is 16.0 Å². The van der Waals surface area contributed by atoms with Crippen molar-refractivity contribution in [1.82, 2.24) is 9.88 Å². The highest BCUT2D eigenvalue weighted by Crippen LogP contribution is 2.19. The highest BCUT2D eigenvalue weighted by atomic mass is 15.2. The van der Waals surface area contributed by atoms with Crippen LogP contribution in [0.3, 0.4) is 0 Å². The topological polar surface area (TPSA) is 54.2 Å². The molecule has 100 valence electrons. The van der Waals surface area contributed by atoms with Gasteiger partial charge in [0.1, 0.15) is 5.82 Å². The molecule has 4 nitrogen and oxygen atoms in total. The first kappa shape index (κ1) is 12.2. The minimum absolute atomic E-state index is 0.629. The molecule has 19 heavy (non-hydrogen) atoms. The molecule has 0 bridgehead atoms. The number of aromatic nitrogens is 1. The van der Waals surface area contributed by atoms with Crippen molar-refractivity contribution in [2.45, 2.75) is 18.9 Å². The second kappa shape index (κ2) is 5.05. The lowest BCUT2D eigenvalue weighted by Crippen LogP contribution is -2.31. The number of fused-ring (bicyclic) bond motifs is 1. The Morgan fingerprint density at radius 2 is 2.26 bits per heavy atom. The van der Waals surface area contributed by atoms with Crippen molar-refractivity contribution >= 4 is 22.4 Å². The lowest BCUT2D eigenvalue weighted by Gasteiger charge is -2.20. The molecule has 0 saturated carbocycles. The van der Waals surface area contributed by atoms with Gasteiger partial charge in [-0.05, 0) is 56.8 Å². The van der Waals surface area contributed by atoms with Crippen LogP contribution in [-0.2, 0) is 0 Å². The number of nitrogens with zero attached hydrogens (tertiary/aromatic N) is 2. The number of benzene rings is 1. The number of likely N-dealkylation sites (N-methyl/N-ethyl adjacent to an activating group) is 1. The van der Waals surface area contributed by atoms with E-state index in [9.17, 15) is 0 Å². The van der Waals surface area contributed by atoms with E-state index in [2.05, 4.69) is 28.3 Å². The van der Waals surface area contributed by atoms with E-state index in [1.807, 2.05) is 24.3 Å². The molecule has 4 heteroatoms. The van der Waals surface area contributed by atoms with Gasteiger partial charge in [-0.25, -0.2) is 4.98 Å². The van der Waals surface area contributed by atoms with Crippen molar-refractivity contribution in [3.8, 4) is 0 Å². The van der Waals surface area contributed by atoms with Gasteiger partial charge in [-0.15, -0.1) is 0 Å². The Morgan fingerprint density at radius 3 is 3.05 bits per heavy atom. The third-order valence-corrected chi connectivity index (χ3v) is 3.90. The third-order valence-electron chi connectivity index (χ3n) is 3.90. The zero-order valence-corrected chi connectivity index (χ0v) is 11.3. The van der Waals surface area contributed by atoms with Crippen molar-refractivity contribution in [2.24, 2.45) is 0 Å². The van der Waals surface area contributed by atoms with E-state index >= 15 is 0 Å². The molecule has 2 heterocycles. The number of nitrogens with one attached hydrogen (secondary N) is 1. The molecule has 1 aromatic carbocycles. The van der Waals surface area contributed by atoms with Gasteiger partial charge >= 0.3 is 0 Å². The van der Waals surface area contributed by atoms with Gasteiger partial charge in [-0.1, -0.05) is 0 Å². The van der Waals surface area contributed by atoms with Crippen LogP contribution in [0.25, 0.3) is 10.9 Å². The molecule has 1 aliphatic rings. The predicted molar refractivity (Wildman–Crippen MR) is 80.3 cm³/mol. The van der Waals surface area contributed by atoms with E-state index in [4.69, 9.17) is 5.73 Å². The summed E-state index contributed by atoms with van der Waals surface area (Å²) in [6, 6.07) is 10.5.